The molecule has 1 rings (SSSR count). The second kappa shape index (κ2) is 17.3. The van der Waals surface area contributed by atoms with Gasteiger partial charge in [-0.25, -0.2) is 0 Å². The third-order valence-corrected chi connectivity index (χ3v) is 6.19. The zero-order chi connectivity index (χ0) is 22.7. The number of allylic oxidation sites excluding steroid dienone is 5. The van der Waals surface area contributed by atoms with Crippen LogP contribution in [0.15, 0.2) is 59.1 Å². The maximum Gasteiger partial charge on any atom is 0.241 e. The Bertz CT molecular complexity index is 787. The second-order valence-electron chi connectivity index (χ2n) is 6.47. The number of nitrogens with zero attached hydrogens (tertiary/aromatic N) is 1. The minimum Gasteiger partial charge on any atom is -0.388 e. The molecule has 0 saturated carbocycles. The molecule has 0 aliphatic heterocycles. The highest BCUT2D eigenvalue weighted by Crippen LogP contribution is 2.19. The van der Waals surface area contributed by atoms with E-state index in [9.17, 15) is 9.59 Å². The smallest absolute Gasteiger partial charge is 0.241 e. The Morgan fingerprint density at radius 3 is 2.32 bits per heavy atom. The van der Waals surface area contributed by atoms with E-state index in [-0.39, 0.29) is 18.4 Å². The van der Waals surface area contributed by atoms with Crippen molar-refractivity contribution in [3.05, 3.63) is 59.7 Å². The Hall–Kier alpha value is -2.45. The topological polar surface area (TPSA) is 82.6 Å². The highest BCUT2D eigenvalue weighted by Gasteiger charge is 1.98. The first-order chi connectivity index (χ1) is 15.0. The third-order valence-electron chi connectivity index (χ3n) is 3.78. The van der Waals surface area contributed by atoms with E-state index in [4.69, 9.17) is 0 Å². The highest BCUT2D eigenvalue weighted by atomic mass is 33.1. The molecule has 6 nitrogen and oxygen atoms in total. The van der Waals surface area contributed by atoms with E-state index in [2.05, 4.69) is 45.2 Å². The summed E-state index contributed by atoms with van der Waals surface area (Å²) in [6.07, 6.45) is 11.5. The fraction of sp³-hybridized carbons (Fsp3) is 0.348. The molecule has 0 spiro atoms. The van der Waals surface area contributed by atoms with E-state index in [0.717, 1.165) is 28.3 Å². The van der Waals surface area contributed by atoms with Gasteiger partial charge in [0.2, 0.25) is 11.8 Å². The Morgan fingerprint density at radius 2 is 1.68 bits per heavy atom. The van der Waals surface area contributed by atoms with Crippen molar-refractivity contribution >= 4 is 51.4 Å². The third kappa shape index (κ3) is 15.1. The maximum atomic E-state index is 11.7. The Morgan fingerprint density at radius 1 is 1.00 bits per heavy atom. The SMILES string of the molecule is CNc1ccc(/C=C/C(C)=C/C=C\C=N\CC(=O)NCCSSCCNC(C)=O)cc1. The largest absolute Gasteiger partial charge is 0.388 e. The molecule has 1 aromatic rings. The molecule has 1 aromatic carbocycles. The number of amides is 2. The van der Waals surface area contributed by atoms with Gasteiger partial charge in [-0.3, -0.25) is 14.6 Å². The molecule has 0 atom stereocenters. The summed E-state index contributed by atoms with van der Waals surface area (Å²) in [6.45, 7) is 4.93. The van der Waals surface area contributed by atoms with Crippen LogP contribution in [-0.2, 0) is 9.59 Å². The molecule has 0 aliphatic carbocycles. The fourth-order valence-corrected chi connectivity index (χ4v) is 3.99. The summed E-state index contributed by atoms with van der Waals surface area (Å²) in [6, 6.07) is 8.21. The van der Waals surface area contributed by atoms with E-state index >= 15 is 0 Å². The van der Waals surface area contributed by atoms with E-state index < -0.39 is 0 Å². The van der Waals surface area contributed by atoms with Crippen LogP contribution >= 0.6 is 21.6 Å². The van der Waals surface area contributed by atoms with Gasteiger partial charge < -0.3 is 16.0 Å². The predicted octanol–water partition coefficient (Wildman–Crippen LogP) is 3.95. The molecule has 0 unspecified atom stereocenters. The zero-order valence-corrected chi connectivity index (χ0v) is 20.0. The molecule has 0 bridgehead atoms. The minimum atomic E-state index is -0.0903. The molecule has 3 N–H and O–H groups in total. The van der Waals surface area contributed by atoms with Crippen LogP contribution in [0.4, 0.5) is 5.69 Å². The van der Waals surface area contributed by atoms with Gasteiger partial charge in [0.1, 0.15) is 6.54 Å². The van der Waals surface area contributed by atoms with Crippen molar-refractivity contribution in [1.29, 1.82) is 0 Å². The van der Waals surface area contributed by atoms with Crippen LogP contribution in [0.2, 0.25) is 0 Å². The number of aliphatic imine (C=N–C) groups is 1. The normalized spacial score (nSPS) is 12.0. The van der Waals surface area contributed by atoms with Gasteiger partial charge in [0, 0.05) is 50.5 Å². The number of nitrogens with one attached hydrogen (secondary N) is 3. The lowest BCUT2D eigenvalue weighted by Gasteiger charge is -2.03. The quantitative estimate of drug-likeness (QED) is 0.169. The van der Waals surface area contributed by atoms with Crippen molar-refractivity contribution in [3.8, 4) is 0 Å². The molecular weight excluding hydrogens is 428 g/mol. The lowest BCUT2D eigenvalue weighted by Crippen LogP contribution is -2.27. The monoisotopic (exact) mass is 460 g/mol. The van der Waals surface area contributed by atoms with E-state index in [1.165, 1.54) is 6.92 Å². The number of carbonyl (C=O) groups excluding carboxylic acids is 2. The van der Waals surface area contributed by atoms with Crippen molar-refractivity contribution < 1.29 is 9.59 Å². The summed E-state index contributed by atoms with van der Waals surface area (Å²) >= 11 is 0. The van der Waals surface area contributed by atoms with Gasteiger partial charge in [-0.15, -0.1) is 0 Å². The van der Waals surface area contributed by atoms with Gasteiger partial charge in [-0.05, 0) is 30.7 Å². The van der Waals surface area contributed by atoms with Crippen molar-refractivity contribution in [1.82, 2.24) is 10.6 Å². The van der Waals surface area contributed by atoms with Crippen LogP contribution in [0.25, 0.3) is 6.08 Å². The van der Waals surface area contributed by atoms with Gasteiger partial charge in [0.25, 0.3) is 0 Å². The molecule has 2 amide bonds. The molecule has 31 heavy (non-hydrogen) atoms. The maximum absolute atomic E-state index is 11.7. The Balaban J connectivity index is 2.15. The molecular formula is C23H32N4O2S2. The first-order valence-electron chi connectivity index (χ1n) is 10.1. The van der Waals surface area contributed by atoms with Crippen LogP contribution in [-0.4, -0.2) is 56.2 Å². The lowest BCUT2D eigenvalue weighted by atomic mass is 10.1. The van der Waals surface area contributed by atoms with Gasteiger partial charge >= 0.3 is 0 Å². The van der Waals surface area contributed by atoms with Gasteiger partial charge in [-0.1, -0.05) is 63.6 Å². The van der Waals surface area contributed by atoms with Crippen LogP contribution in [0, 0.1) is 0 Å². The van der Waals surface area contributed by atoms with Crippen LogP contribution in [0.1, 0.15) is 19.4 Å². The van der Waals surface area contributed by atoms with Crippen molar-refractivity contribution in [2.75, 3.05) is 43.5 Å². The molecule has 0 saturated heterocycles. The molecule has 8 heteroatoms. The molecule has 0 radical (unpaired) electrons. The summed E-state index contributed by atoms with van der Waals surface area (Å²) in [7, 11) is 5.26. The zero-order valence-electron chi connectivity index (χ0n) is 18.4. The van der Waals surface area contributed by atoms with E-state index in [0.29, 0.717) is 13.1 Å². The van der Waals surface area contributed by atoms with Crippen LogP contribution < -0.4 is 16.0 Å². The van der Waals surface area contributed by atoms with E-state index in [1.54, 1.807) is 27.8 Å². The summed E-state index contributed by atoms with van der Waals surface area (Å²) < 4.78 is 0. The molecule has 0 fully saturated rings. The Kier molecular flexibility index (Phi) is 14.8. The highest BCUT2D eigenvalue weighted by molar-refractivity contribution is 8.76. The van der Waals surface area contributed by atoms with Crippen molar-refractivity contribution in [3.63, 3.8) is 0 Å². The second-order valence-corrected chi connectivity index (χ2v) is 9.17. The summed E-state index contributed by atoms with van der Waals surface area (Å²) in [5.41, 5.74) is 3.35. The summed E-state index contributed by atoms with van der Waals surface area (Å²) in [5, 5.41) is 8.68. The predicted molar refractivity (Wildman–Crippen MR) is 138 cm³/mol. The van der Waals surface area contributed by atoms with Gasteiger partial charge in [0.15, 0.2) is 0 Å². The average molecular weight is 461 g/mol. The first-order valence-corrected chi connectivity index (χ1v) is 12.5. The number of benzene rings is 1. The number of carbonyl (C=O) groups is 2. The number of hydrogen-bond donors (Lipinski definition) is 3. The molecule has 0 aromatic heterocycles. The average Bonchev–Trinajstić information content (AvgIpc) is 2.76. The summed E-state index contributed by atoms with van der Waals surface area (Å²) in [4.78, 5) is 26.5. The van der Waals surface area contributed by atoms with Crippen LogP contribution in [0.5, 0.6) is 0 Å². The van der Waals surface area contributed by atoms with Gasteiger partial charge in [-0.2, -0.15) is 0 Å². The fourth-order valence-electron chi connectivity index (χ4n) is 2.17. The minimum absolute atomic E-state index is 0.0112. The number of hydrogen-bond acceptors (Lipinski definition) is 6. The van der Waals surface area contributed by atoms with E-state index in [1.807, 2.05) is 44.3 Å². The van der Waals surface area contributed by atoms with Gasteiger partial charge in [0.05, 0.1) is 0 Å². The first kappa shape index (κ1) is 26.6. The number of rotatable bonds is 14. The van der Waals surface area contributed by atoms with Crippen molar-refractivity contribution in [2.24, 2.45) is 4.99 Å². The summed E-state index contributed by atoms with van der Waals surface area (Å²) in [5.74, 6) is 1.56. The lowest BCUT2D eigenvalue weighted by molar-refractivity contribution is -0.120. The Labute approximate surface area is 193 Å². The van der Waals surface area contributed by atoms with Crippen molar-refractivity contribution in [2.45, 2.75) is 13.8 Å². The standard InChI is InChI=1S/C23H32N4O2S2/c1-19(7-8-21-9-11-22(24-3)12-10-21)6-4-5-13-25-18-23(29)27-15-17-31-30-16-14-26-20(2)28/h4-13,24H,14-18H2,1-3H3,(H,26,28)(H,27,29)/b5-4-,8-7+,19-6+,25-13+. The van der Waals surface area contributed by atoms with Crippen LogP contribution in [0.3, 0.4) is 0 Å². The number of anilines is 1. The molecule has 0 heterocycles. The molecule has 0 aliphatic rings. The molecule has 168 valence electrons.